The second kappa shape index (κ2) is 6.61. The van der Waals surface area contributed by atoms with E-state index in [2.05, 4.69) is 12.2 Å². The zero-order chi connectivity index (χ0) is 11.2. The molecule has 2 nitrogen and oxygen atoms in total. The molecular weight excluding hydrogens is 198 g/mol. The Kier molecular flexibility index (Phi) is 5.11. The Balaban J connectivity index is 1.63. The van der Waals surface area contributed by atoms with Gasteiger partial charge in [0.2, 0.25) is 0 Å². The Bertz CT molecular complexity index is 189. The van der Waals surface area contributed by atoms with Gasteiger partial charge in [0, 0.05) is 6.61 Å². The first-order valence-corrected chi connectivity index (χ1v) is 7.22. The van der Waals surface area contributed by atoms with Gasteiger partial charge < -0.3 is 10.1 Å². The van der Waals surface area contributed by atoms with Gasteiger partial charge in [-0.25, -0.2) is 0 Å². The summed E-state index contributed by atoms with van der Waals surface area (Å²) in [5, 5.41) is 3.43. The first-order valence-electron chi connectivity index (χ1n) is 7.22. The van der Waals surface area contributed by atoms with E-state index in [4.69, 9.17) is 4.74 Å². The molecule has 0 spiro atoms. The molecule has 1 heterocycles. The number of rotatable bonds is 5. The molecule has 2 rings (SSSR count). The molecule has 0 aromatic heterocycles. The van der Waals surface area contributed by atoms with Crippen molar-refractivity contribution in [1.82, 2.24) is 5.32 Å². The lowest BCUT2D eigenvalue weighted by atomic mass is 9.85. The van der Waals surface area contributed by atoms with Crippen LogP contribution in [0.4, 0.5) is 0 Å². The number of hydrogen-bond donors (Lipinski definition) is 1. The van der Waals surface area contributed by atoms with Gasteiger partial charge >= 0.3 is 0 Å². The van der Waals surface area contributed by atoms with Crippen molar-refractivity contribution in [2.75, 3.05) is 19.7 Å². The summed E-state index contributed by atoms with van der Waals surface area (Å²) in [4.78, 5) is 0. The van der Waals surface area contributed by atoms with E-state index in [0.29, 0.717) is 6.10 Å². The topological polar surface area (TPSA) is 21.3 Å². The van der Waals surface area contributed by atoms with E-state index in [1.54, 1.807) is 0 Å². The fourth-order valence-corrected chi connectivity index (χ4v) is 3.21. The maximum atomic E-state index is 6.12. The van der Waals surface area contributed by atoms with Crippen LogP contribution >= 0.6 is 0 Å². The molecule has 0 radical (unpaired) electrons. The zero-order valence-electron chi connectivity index (χ0n) is 10.7. The molecular formula is C14H27NO. The molecule has 1 saturated heterocycles. The summed E-state index contributed by atoms with van der Waals surface area (Å²) in [6.45, 7) is 5.73. The monoisotopic (exact) mass is 225 g/mol. The predicted octanol–water partition coefficient (Wildman–Crippen LogP) is 2.97. The van der Waals surface area contributed by atoms with Crippen LogP contribution in [0.2, 0.25) is 0 Å². The molecule has 16 heavy (non-hydrogen) atoms. The van der Waals surface area contributed by atoms with E-state index >= 15 is 0 Å². The quantitative estimate of drug-likeness (QED) is 0.776. The molecule has 1 N–H and O–H groups in total. The number of ether oxygens (including phenoxy) is 1. The highest BCUT2D eigenvalue weighted by Gasteiger charge is 2.24. The highest BCUT2D eigenvalue weighted by molar-refractivity contribution is 4.76. The van der Waals surface area contributed by atoms with Crippen LogP contribution in [0.5, 0.6) is 0 Å². The molecule has 2 fully saturated rings. The van der Waals surface area contributed by atoms with E-state index in [1.165, 1.54) is 58.0 Å². The molecule has 2 heteroatoms. The van der Waals surface area contributed by atoms with Crippen molar-refractivity contribution < 1.29 is 4.74 Å². The highest BCUT2D eigenvalue weighted by atomic mass is 16.5. The van der Waals surface area contributed by atoms with Crippen molar-refractivity contribution in [2.45, 2.75) is 58.0 Å². The molecule has 0 bridgehead atoms. The van der Waals surface area contributed by atoms with Crippen LogP contribution in [0, 0.1) is 11.8 Å². The van der Waals surface area contributed by atoms with Gasteiger partial charge in [0.15, 0.2) is 0 Å². The standard InChI is InChI=1S/C14H27NO/c1-2-13-5-3-4-6-14(13)16-10-8-12-7-9-15-11-12/h12-15H,2-11H2,1H3. The lowest BCUT2D eigenvalue weighted by Gasteiger charge is -2.31. The van der Waals surface area contributed by atoms with Gasteiger partial charge in [0.25, 0.3) is 0 Å². The molecule has 2 aliphatic rings. The van der Waals surface area contributed by atoms with E-state index in [9.17, 15) is 0 Å². The Labute approximate surface area is 100 Å². The van der Waals surface area contributed by atoms with Crippen molar-refractivity contribution in [1.29, 1.82) is 0 Å². The minimum absolute atomic E-state index is 0.577. The van der Waals surface area contributed by atoms with Crippen molar-refractivity contribution in [3.8, 4) is 0 Å². The highest BCUT2D eigenvalue weighted by Crippen LogP contribution is 2.29. The minimum atomic E-state index is 0.577. The fourth-order valence-electron chi connectivity index (χ4n) is 3.21. The second-order valence-corrected chi connectivity index (χ2v) is 5.51. The summed E-state index contributed by atoms with van der Waals surface area (Å²) < 4.78 is 6.12. The van der Waals surface area contributed by atoms with Gasteiger partial charge in [-0.15, -0.1) is 0 Å². The van der Waals surface area contributed by atoms with Crippen LogP contribution in [0.1, 0.15) is 51.9 Å². The third-order valence-electron chi connectivity index (χ3n) is 4.38. The molecule has 3 atom stereocenters. The van der Waals surface area contributed by atoms with E-state index in [1.807, 2.05) is 0 Å². The van der Waals surface area contributed by atoms with Gasteiger partial charge in [-0.2, -0.15) is 0 Å². The van der Waals surface area contributed by atoms with Gasteiger partial charge in [0.1, 0.15) is 0 Å². The predicted molar refractivity (Wildman–Crippen MR) is 67.6 cm³/mol. The normalized spacial score (nSPS) is 35.4. The van der Waals surface area contributed by atoms with Gasteiger partial charge in [0.05, 0.1) is 6.10 Å². The van der Waals surface area contributed by atoms with Crippen LogP contribution in [0.15, 0.2) is 0 Å². The molecule has 0 aromatic carbocycles. The average Bonchev–Trinajstić information content (AvgIpc) is 2.83. The van der Waals surface area contributed by atoms with Crippen LogP contribution < -0.4 is 5.32 Å². The summed E-state index contributed by atoms with van der Waals surface area (Å²) >= 11 is 0. The van der Waals surface area contributed by atoms with Crippen LogP contribution in [0.25, 0.3) is 0 Å². The largest absolute Gasteiger partial charge is 0.378 e. The maximum Gasteiger partial charge on any atom is 0.0603 e. The van der Waals surface area contributed by atoms with Gasteiger partial charge in [-0.05, 0) is 50.6 Å². The van der Waals surface area contributed by atoms with E-state index in [0.717, 1.165) is 18.4 Å². The molecule has 0 amide bonds. The molecule has 1 aliphatic carbocycles. The first kappa shape index (κ1) is 12.4. The van der Waals surface area contributed by atoms with Crippen LogP contribution in [-0.4, -0.2) is 25.8 Å². The first-order chi connectivity index (χ1) is 7.90. The molecule has 94 valence electrons. The van der Waals surface area contributed by atoms with Crippen LogP contribution in [0.3, 0.4) is 0 Å². The summed E-state index contributed by atoms with van der Waals surface area (Å²) in [6.07, 6.45) is 10.00. The Morgan fingerprint density at radius 1 is 1.19 bits per heavy atom. The van der Waals surface area contributed by atoms with Gasteiger partial charge in [-0.3, -0.25) is 0 Å². The van der Waals surface area contributed by atoms with E-state index < -0.39 is 0 Å². The lowest BCUT2D eigenvalue weighted by molar-refractivity contribution is -0.0165. The third kappa shape index (κ3) is 3.46. The van der Waals surface area contributed by atoms with Crippen LogP contribution in [-0.2, 0) is 4.74 Å². The van der Waals surface area contributed by atoms with Crippen molar-refractivity contribution in [2.24, 2.45) is 11.8 Å². The summed E-state index contributed by atoms with van der Waals surface area (Å²) in [5.74, 6) is 1.72. The average molecular weight is 225 g/mol. The Hall–Kier alpha value is -0.0800. The summed E-state index contributed by atoms with van der Waals surface area (Å²) in [6, 6.07) is 0. The second-order valence-electron chi connectivity index (χ2n) is 5.51. The smallest absolute Gasteiger partial charge is 0.0603 e. The van der Waals surface area contributed by atoms with E-state index in [-0.39, 0.29) is 0 Å². The molecule has 1 saturated carbocycles. The summed E-state index contributed by atoms with van der Waals surface area (Å²) in [5.41, 5.74) is 0. The maximum absolute atomic E-state index is 6.12. The number of nitrogens with one attached hydrogen (secondary N) is 1. The lowest BCUT2D eigenvalue weighted by Crippen LogP contribution is -2.28. The Morgan fingerprint density at radius 3 is 2.81 bits per heavy atom. The van der Waals surface area contributed by atoms with Gasteiger partial charge in [-0.1, -0.05) is 26.2 Å². The molecule has 1 aliphatic heterocycles. The minimum Gasteiger partial charge on any atom is -0.378 e. The van der Waals surface area contributed by atoms with Crippen molar-refractivity contribution in [3.63, 3.8) is 0 Å². The zero-order valence-corrected chi connectivity index (χ0v) is 10.7. The summed E-state index contributed by atoms with van der Waals surface area (Å²) in [7, 11) is 0. The SMILES string of the molecule is CCC1CCCCC1OCCC1CCNC1. The fraction of sp³-hybridized carbons (Fsp3) is 1.00. The van der Waals surface area contributed by atoms with Crippen molar-refractivity contribution in [3.05, 3.63) is 0 Å². The molecule has 3 unspecified atom stereocenters. The number of hydrogen-bond acceptors (Lipinski definition) is 2. The van der Waals surface area contributed by atoms with Crippen molar-refractivity contribution >= 4 is 0 Å². The third-order valence-corrected chi connectivity index (χ3v) is 4.38. The Morgan fingerprint density at radius 2 is 2.06 bits per heavy atom. The molecule has 0 aromatic rings.